The van der Waals surface area contributed by atoms with Crippen molar-refractivity contribution in [1.82, 2.24) is 4.90 Å². The quantitative estimate of drug-likeness (QED) is 0.404. The molecule has 0 aromatic heterocycles. The van der Waals surface area contributed by atoms with Gasteiger partial charge in [0, 0.05) is 19.0 Å². The molecule has 0 aromatic carbocycles. The second kappa shape index (κ2) is 3.27. The maximum absolute atomic E-state index is 9.64. The largest absolute Gasteiger partial charge is 0.393 e. The van der Waals surface area contributed by atoms with Gasteiger partial charge in [-0.3, -0.25) is 10.3 Å². The van der Waals surface area contributed by atoms with E-state index in [9.17, 15) is 5.11 Å². The number of hydrogen-bond acceptors (Lipinski definition) is 3. The van der Waals surface area contributed by atoms with E-state index in [1.165, 1.54) is 0 Å². The standard InChI is InChI=1S/C9H17N3O/c10-9(11)5-12-3-6-1-2-8(13)7(6)4-12/h6-8,13H,1-5H2,(H3,10,11). The van der Waals surface area contributed by atoms with Crippen LogP contribution in [0.5, 0.6) is 0 Å². The molecule has 74 valence electrons. The van der Waals surface area contributed by atoms with Crippen molar-refractivity contribution in [3.05, 3.63) is 0 Å². The van der Waals surface area contributed by atoms with Crippen LogP contribution in [-0.4, -0.2) is 41.6 Å². The molecule has 1 saturated heterocycles. The first-order valence-corrected chi connectivity index (χ1v) is 4.90. The first-order chi connectivity index (χ1) is 6.16. The van der Waals surface area contributed by atoms with Gasteiger partial charge in [0.05, 0.1) is 12.6 Å². The van der Waals surface area contributed by atoms with Crippen LogP contribution < -0.4 is 5.73 Å². The van der Waals surface area contributed by atoms with Gasteiger partial charge in [-0.15, -0.1) is 0 Å². The van der Waals surface area contributed by atoms with Crippen molar-refractivity contribution >= 4 is 5.84 Å². The highest BCUT2D eigenvalue weighted by Gasteiger charge is 2.41. The molecule has 1 saturated carbocycles. The number of amidine groups is 1. The lowest BCUT2D eigenvalue weighted by Crippen LogP contribution is -2.33. The summed E-state index contributed by atoms with van der Waals surface area (Å²) in [6.45, 7) is 2.51. The van der Waals surface area contributed by atoms with Crippen LogP contribution in [0.2, 0.25) is 0 Å². The monoisotopic (exact) mass is 183 g/mol. The highest BCUT2D eigenvalue weighted by Crippen LogP contribution is 2.37. The first-order valence-electron chi connectivity index (χ1n) is 4.90. The number of rotatable bonds is 2. The summed E-state index contributed by atoms with van der Waals surface area (Å²) < 4.78 is 0. The average molecular weight is 183 g/mol. The summed E-state index contributed by atoms with van der Waals surface area (Å²) in [6, 6.07) is 0. The number of likely N-dealkylation sites (tertiary alicyclic amines) is 1. The van der Waals surface area contributed by atoms with E-state index in [0.717, 1.165) is 25.9 Å². The molecule has 4 heteroatoms. The summed E-state index contributed by atoms with van der Waals surface area (Å²) in [5.41, 5.74) is 5.34. The zero-order valence-electron chi connectivity index (χ0n) is 7.74. The maximum Gasteiger partial charge on any atom is 0.105 e. The van der Waals surface area contributed by atoms with E-state index >= 15 is 0 Å². The smallest absolute Gasteiger partial charge is 0.105 e. The topological polar surface area (TPSA) is 73.3 Å². The number of aliphatic hydroxyl groups excluding tert-OH is 1. The van der Waals surface area contributed by atoms with Crippen LogP contribution in [0.25, 0.3) is 0 Å². The average Bonchev–Trinajstić information content (AvgIpc) is 2.53. The van der Waals surface area contributed by atoms with Gasteiger partial charge in [-0.05, 0) is 18.8 Å². The lowest BCUT2D eigenvalue weighted by atomic mass is 10.00. The molecule has 4 N–H and O–H groups in total. The predicted octanol–water partition coefficient (Wildman–Crippen LogP) is -0.375. The van der Waals surface area contributed by atoms with Crippen molar-refractivity contribution < 1.29 is 5.11 Å². The highest BCUT2D eigenvalue weighted by molar-refractivity contribution is 5.78. The SMILES string of the molecule is N=C(N)CN1CC2CCC(O)C2C1. The van der Waals surface area contributed by atoms with E-state index in [1.807, 2.05) is 0 Å². The maximum atomic E-state index is 9.64. The van der Waals surface area contributed by atoms with Crippen LogP contribution in [0.15, 0.2) is 0 Å². The molecule has 0 aromatic rings. The molecule has 1 aliphatic heterocycles. The van der Waals surface area contributed by atoms with E-state index in [1.54, 1.807) is 0 Å². The third-order valence-corrected chi connectivity index (χ3v) is 3.29. The number of nitrogens with zero attached hydrogens (tertiary/aromatic N) is 1. The Hall–Kier alpha value is -0.610. The normalized spacial score (nSPS) is 39.3. The lowest BCUT2D eigenvalue weighted by Gasteiger charge is -2.16. The van der Waals surface area contributed by atoms with Crippen molar-refractivity contribution in [2.24, 2.45) is 17.6 Å². The Morgan fingerprint density at radius 2 is 2.23 bits per heavy atom. The Bertz CT molecular complexity index is 219. The van der Waals surface area contributed by atoms with E-state index in [4.69, 9.17) is 11.1 Å². The zero-order valence-corrected chi connectivity index (χ0v) is 7.74. The van der Waals surface area contributed by atoms with Gasteiger partial charge in [-0.1, -0.05) is 0 Å². The molecule has 2 rings (SSSR count). The molecule has 0 amide bonds. The second-order valence-electron chi connectivity index (χ2n) is 4.29. The molecule has 13 heavy (non-hydrogen) atoms. The van der Waals surface area contributed by atoms with Gasteiger partial charge in [0.15, 0.2) is 0 Å². The fourth-order valence-corrected chi connectivity index (χ4v) is 2.70. The van der Waals surface area contributed by atoms with Crippen LogP contribution in [0.1, 0.15) is 12.8 Å². The molecule has 1 aliphatic carbocycles. The van der Waals surface area contributed by atoms with E-state index in [-0.39, 0.29) is 11.9 Å². The van der Waals surface area contributed by atoms with E-state index in [2.05, 4.69) is 4.90 Å². The fraction of sp³-hybridized carbons (Fsp3) is 0.889. The first kappa shape index (κ1) is 8.97. The summed E-state index contributed by atoms with van der Waals surface area (Å²) >= 11 is 0. The second-order valence-corrected chi connectivity index (χ2v) is 4.29. The number of aliphatic hydroxyl groups is 1. The van der Waals surface area contributed by atoms with Gasteiger partial charge in [-0.25, -0.2) is 0 Å². The summed E-state index contributed by atoms with van der Waals surface area (Å²) in [5, 5.41) is 16.8. The third kappa shape index (κ3) is 1.69. The van der Waals surface area contributed by atoms with Gasteiger partial charge in [0.25, 0.3) is 0 Å². The Labute approximate surface area is 78.2 Å². The molecule has 0 bridgehead atoms. The lowest BCUT2D eigenvalue weighted by molar-refractivity contribution is 0.126. The minimum Gasteiger partial charge on any atom is -0.393 e. The van der Waals surface area contributed by atoms with Crippen LogP contribution in [0, 0.1) is 17.2 Å². The number of fused-ring (bicyclic) bond motifs is 1. The number of nitrogens with two attached hydrogens (primary N) is 1. The summed E-state index contributed by atoms with van der Waals surface area (Å²) in [7, 11) is 0. The van der Waals surface area contributed by atoms with Crippen LogP contribution in [-0.2, 0) is 0 Å². The van der Waals surface area contributed by atoms with Gasteiger partial charge < -0.3 is 10.8 Å². The van der Waals surface area contributed by atoms with Gasteiger partial charge in [-0.2, -0.15) is 0 Å². The summed E-state index contributed by atoms with van der Waals surface area (Å²) in [4.78, 5) is 2.18. The fourth-order valence-electron chi connectivity index (χ4n) is 2.70. The van der Waals surface area contributed by atoms with Crippen molar-refractivity contribution in [3.63, 3.8) is 0 Å². The molecule has 0 radical (unpaired) electrons. The Balaban J connectivity index is 1.91. The van der Waals surface area contributed by atoms with Crippen LogP contribution in [0.3, 0.4) is 0 Å². The molecule has 1 heterocycles. The molecule has 2 aliphatic rings. The molecule has 0 spiro atoms. The van der Waals surface area contributed by atoms with Gasteiger partial charge >= 0.3 is 0 Å². The molecule has 4 nitrogen and oxygen atoms in total. The van der Waals surface area contributed by atoms with Crippen LogP contribution in [0.4, 0.5) is 0 Å². The Morgan fingerprint density at radius 1 is 1.46 bits per heavy atom. The summed E-state index contributed by atoms with van der Waals surface area (Å²) in [5.74, 6) is 1.32. The highest BCUT2D eigenvalue weighted by atomic mass is 16.3. The zero-order chi connectivity index (χ0) is 9.42. The Morgan fingerprint density at radius 3 is 2.85 bits per heavy atom. The summed E-state index contributed by atoms with van der Waals surface area (Å²) in [6.07, 6.45) is 1.99. The van der Waals surface area contributed by atoms with E-state index < -0.39 is 0 Å². The van der Waals surface area contributed by atoms with Crippen molar-refractivity contribution in [2.45, 2.75) is 18.9 Å². The van der Waals surface area contributed by atoms with Crippen molar-refractivity contribution in [1.29, 1.82) is 5.41 Å². The van der Waals surface area contributed by atoms with Gasteiger partial charge in [0.1, 0.15) is 5.84 Å². The number of nitrogens with one attached hydrogen (secondary N) is 1. The number of hydrogen-bond donors (Lipinski definition) is 3. The molecular weight excluding hydrogens is 166 g/mol. The molecular formula is C9H17N3O. The minimum absolute atomic E-state index is 0.109. The van der Waals surface area contributed by atoms with Crippen molar-refractivity contribution in [3.8, 4) is 0 Å². The molecule has 3 atom stereocenters. The van der Waals surface area contributed by atoms with E-state index in [0.29, 0.717) is 18.4 Å². The van der Waals surface area contributed by atoms with Crippen molar-refractivity contribution in [2.75, 3.05) is 19.6 Å². The van der Waals surface area contributed by atoms with Gasteiger partial charge in [0.2, 0.25) is 0 Å². The van der Waals surface area contributed by atoms with Crippen LogP contribution >= 0.6 is 0 Å². The Kier molecular flexibility index (Phi) is 2.26. The third-order valence-electron chi connectivity index (χ3n) is 3.29. The molecule has 2 fully saturated rings. The predicted molar refractivity (Wildman–Crippen MR) is 50.6 cm³/mol. The molecule has 3 unspecified atom stereocenters. The minimum atomic E-state index is -0.109.